The summed E-state index contributed by atoms with van der Waals surface area (Å²) >= 11 is 0. The summed E-state index contributed by atoms with van der Waals surface area (Å²) in [5.41, 5.74) is 0.636. The van der Waals surface area contributed by atoms with Crippen LogP contribution in [0.15, 0.2) is 18.3 Å². The van der Waals surface area contributed by atoms with E-state index in [2.05, 4.69) is 15.6 Å². The van der Waals surface area contributed by atoms with Crippen molar-refractivity contribution in [2.24, 2.45) is 11.8 Å². The average molecular weight is 288 g/mol. The normalized spacial score (nSPS) is 27.4. The number of pyridine rings is 1. The summed E-state index contributed by atoms with van der Waals surface area (Å²) in [5.74, 6) is 2.17. The first-order chi connectivity index (χ1) is 10.1. The molecule has 0 radical (unpaired) electrons. The molecule has 1 aliphatic heterocycles. The summed E-state index contributed by atoms with van der Waals surface area (Å²) in [7, 11) is 3.88. The van der Waals surface area contributed by atoms with Crippen molar-refractivity contribution < 1.29 is 4.79 Å². The van der Waals surface area contributed by atoms with Gasteiger partial charge in [-0.2, -0.15) is 0 Å². The van der Waals surface area contributed by atoms with Crippen LogP contribution in [-0.4, -0.2) is 44.1 Å². The number of amides is 1. The highest BCUT2D eigenvalue weighted by Crippen LogP contribution is 2.34. The van der Waals surface area contributed by atoms with Gasteiger partial charge in [0.25, 0.3) is 5.91 Å². The molecule has 3 atom stereocenters. The fourth-order valence-corrected chi connectivity index (χ4v) is 3.57. The molecule has 3 unspecified atom stereocenters. The molecule has 1 amide bonds. The SMILES string of the molecule is CN(C)c1ccc(C(=O)NCC2C3CCCC2NC3)cn1. The number of fused-ring (bicyclic) bond motifs is 2. The van der Waals surface area contributed by atoms with Crippen molar-refractivity contribution in [3.05, 3.63) is 23.9 Å². The van der Waals surface area contributed by atoms with Crippen molar-refractivity contribution >= 4 is 11.7 Å². The zero-order valence-corrected chi connectivity index (χ0v) is 12.8. The maximum Gasteiger partial charge on any atom is 0.252 e. The van der Waals surface area contributed by atoms with Crippen LogP contribution in [0.25, 0.3) is 0 Å². The molecule has 1 aromatic rings. The summed E-state index contributed by atoms with van der Waals surface area (Å²) < 4.78 is 0. The number of carbonyl (C=O) groups excluding carboxylic acids is 1. The van der Waals surface area contributed by atoms with Gasteiger partial charge in [0.2, 0.25) is 0 Å². The zero-order valence-electron chi connectivity index (χ0n) is 12.8. The van der Waals surface area contributed by atoms with E-state index in [1.54, 1.807) is 6.20 Å². The predicted octanol–water partition coefficient (Wildman–Crippen LogP) is 1.27. The van der Waals surface area contributed by atoms with Crippen molar-refractivity contribution in [1.29, 1.82) is 0 Å². The lowest BCUT2D eigenvalue weighted by Crippen LogP contribution is -2.39. The number of rotatable bonds is 4. The van der Waals surface area contributed by atoms with Crippen LogP contribution < -0.4 is 15.5 Å². The van der Waals surface area contributed by atoms with E-state index >= 15 is 0 Å². The Labute approximate surface area is 126 Å². The number of hydrogen-bond acceptors (Lipinski definition) is 4. The summed E-state index contributed by atoms with van der Waals surface area (Å²) in [4.78, 5) is 18.4. The molecule has 0 spiro atoms. The van der Waals surface area contributed by atoms with Gasteiger partial charge in [-0.3, -0.25) is 4.79 Å². The van der Waals surface area contributed by atoms with E-state index < -0.39 is 0 Å². The van der Waals surface area contributed by atoms with Crippen LogP contribution in [0.2, 0.25) is 0 Å². The Morgan fingerprint density at radius 1 is 1.43 bits per heavy atom. The highest BCUT2D eigenvalue weighted by atomic mass is 16.1. The lowest BCUT2D eigenvalue weighted by atomic mass is 9.80. The molecule has 114 valence electrons. The summed E-state index contributed by atoms with van der Waals surface area (Å²) in [6.07, 6.45) is 5.51. The van der Waals surface area contributed by atoms with Gasteiger partial charge in [-0.05, 0) is 43.4 Å². The van der Waals surface area contributed by atoms with Crippen molar-refractivity contribution in [3.8, 4) is 0 Å². The molecule has 2 fully saturated rings. The van der Waals surface area contributed by atoms with Gasteiger partial charge in [-0.25, -0.2) is 4.98 Å². The molecular weight excluding hydrogens is 264 g/mol. The molecular formula is C16H24N4O. The van der Waals surface area contributed by atoms with Crippen molar-refractivity contribution in [1.82, 2.24) is 15.6 Å². The second kappa shape index (κ2) is 6.02. The molecule has 2 aliphatic rings. The van der Waals surface area contributed by atoms with Crippen molar-refractivity contribution in [3.63, 3.8) is 0 Å². The number of carbonyl (C=O) groups is 1. The van der Waals surface area contributed by atoms with Crippen LogP contribution in [0.5, 0.6) is 0 Å². The predicted molar refractivity (Wildman–Crippen MR) is 83.5 cm³/mol. The lowest BCUT2D eigenvalue weighted by molar-refractivity contribution is 0.0938. The maximum atomic E-state index is 12.2. The van der Waals surface area contributed by atoms with Gasteiger partial charge in [-0.1, -0.05) is 6.42 Å². The lowest BCUT2D eigenvalue weighted by Gasteiger charge is -2.29. The van der Waals surface area contributed by atoms with Gasteiger partial charge in [-0.15, -0.1) is 0 Å². The third-order valence-electron chi connectivity index (χ3n) is 4.82. The molecule has 5 heteroatoms. The Bertz CT molecular complexity index is 484. The van der Waals surface area contributed by atoms with E-state index in [9.17, 15) is 4.79 Å². The second-order valence-corrected chi connectivity index (χ2v) is 6.38. The molecule has 2 N–H and O–H groups in total. The van der Waals surface area contributed by atoms with E-state index in [1.165, 1.54) is 19.3 Å². The minimum Gasteiger partial charge on any atom is -0.363 e. The Balaban J connectivity index is 1.56. The Hall–Kier alpha value is -1.62. The van der Waals surface area contributed by atoms with Crippen molar-refractivity contribution in [2.75, 3.05) is 32.1 Å². The number of aromatic nitrogens is 1. The van der Waals surface area contributed by atoms with Crippen LogP contribution in [-0.2, 0) is 0 Å². The van der Waals surface area contributed by atoms with E-state index in [0.29, 0.717) is 17.5 Å². The summed E-state index contributed by atoms with van der Waals surface area (Å²) in [5, 5.41) is 6.67. The largest absolute Gasteiger partial charge is 0.363 e. The Morgan fingerprint density at radius 2 is 2.29 bits per heavy atom. The van der Waals surface area contributed by atoms with Crippen LogP contribution in [0.1, 0.15) is 29.6 Å². The zero-order chi connectivity index (χ0) is 14.8. The minimum atomic E-state index is -0.0159. The van der Waals surface area contributed by atoms with Crippen LogP contribution in [0.3, 0.4) is 0 Å². The van der Waals surface area contributed by atoms with Crippen LogP contribution in [0, 0.1) is 11.8 Å². The Morgan fingerprint density at radius 3 is 2.95 bits per heavy atom. The highest BCUT2D eigenvalue weighted by Gasteiger charge is 2.38. The maximum absolute atomic E-state index is 12.2. The number of anilines is 1. The average Bonchev–Trinajstić information content (AvgIpc) is 2.71. The van der Waals surface area contributed by atoms with E-state index in [-0.39, 0.29) is 5.91 Å². The fourth-order valence-electron chi connectivity index (χ4n) is 3.57. The quantitative estimate of drug-likeness (QED) is 0.876. The standard InChI is InChI=1S/C16H24N4O/c1-20(2)15-7-6-12(9-18-15)16(21)19-10-13-11-4-3-5-14(13)17-8-11/h6-7,9,11,13-14,17H,3-5,8,10H2,1-2H3,(H,19,21). The molecule has 5 nitrogen and oxygen atoms in total. The molecule has 1 saturated heterocycles. The van der Waals surface area contributed by atoms with E-state index in [1.807, 2.05) is 31.1 Å². The minimum absolute atomic E-state index is 0.0159. The highest BCUT2D eigenvalue weighted by molar-refractivity contribution is 5.94. The van der Waals surface area contributed by atoms with Gasteiger partial charge < -0.3 is 15.5 Å². The molecule has 1 aromatic heterocycles. The first-order valence-electron chi connectivity index (χ1n) is 7.80. The summed E-state index contributed by atoms with van der Waals surface area (Å²) in [6.45, 7) is 1.89. The number of nitrogens with zero attached hydrogens (tertiary/aromatic N) is 2. The third kappa shape index (κ3) is 3.02. The summed E-state index contributed by atoms with van der Waals surface area (Å²) in [6, 6.07) is 4.31. The smallest absolute Gasteiger partial charge is 0.252 e. The number of hydrogen-bond donors (Lipinski definition) is 2. The van der Waals surface area contributed by atoms with Crippen LogP contribution in [0.4, 0.5) is 5.82 Å². The van der Waals surface area contributed by atoms with Crippen LogP contribution >= 0.6 is 0 Å². The van der Waals surface area contributed by atoms with Gasteiger partial charge in [0, 0.05) is 32.9 Å². The van der Waals surface area contributed by atoms with Gasteiger partial charge in [0.05, 0.1) is 5.56 Å². The molecule has 2 heterocycles. The van der Waals surface area contributed by atoms with E-state index in [4.69, 9.17) is 0 Å². The number of nitrogens with one attached hydrogen (secondary N) is 2. The van der Waals surface area contributed by atoms with Gasteiger partial charge in [0.1, 0.15) is 5.82 Å². The molecule has 2 bridgehead atoms. The molecule has 21 heavy (non-hydrogen) atoms. The van der Waals surface area contributed by atoms with Crippen molar-refractivity contribution in [2.45, 2.75) is 25.3 Å². The fraction of sp³-hybridized carbons (Fsp3) is 0.625. The molecule has 3 rings (SSSR count). The molecule has 0 aromatic carbocycles. The second-order valence-electron chi connectivity index (χ2n) is 6.38. The van der Waals surface area contributed by atoms with Gasteiger partial charge in [0.15, 0.2) is 0 Å². The molecule has 1 aliphatic carbocycles. The molecule has 1 saturated carbocycles. The first kappa shape index (κ1) is 14.3. The van der Waals surface area contributed by atoms with Gasteiger partial charge >= 0.3 is 0 Å². The third-order valence-corrected chi connectivity index (χ3v) is 4.82. The topological polar surface area (TPSA) is 57.3 Å². The monoisotopic (exact) mass is 288 g/mol. The van der Waals surface area contributed by atoms with E-state index in [0.717, 1.165) is 24.8 Å². The Kier molecular flexibility index (Phi) is 4.10. The first-order valence-corrected chi connectivity index (χ1v) is 7.80.